The van der Waals surface area contributed by atoms with Gasteiger partial charge in [0.1, 0.15) is 0 Å². The van der Waals surface area contributed by atoms with E-state index in [1.54, 1.807) is 11.3 Å². The molecule has 1 aromatic carbocycles. The van der Waals surface area contributed by atoms with Gasteiger partial charge in [-0.2, -0.15) is 0 Å². The minimum absolute atomic E-state index is 0.424. The topological polar surface area (TPSA) is 52.0 Å². The standard InChI is InChI=1S/C15H13BrN2OS/c1-8-3-4-10(7-9(8)2)13-14(19-18-15(13)17)11-5-6-12(16)20-11/h3-7H,1-2H3,(H2,17,18). The second kappa shape index (κ2) is 5.07. The second-order valence-electron chi connectivity index (χ2n) is 4.67. The van der Waals surface area contributed by atoms with Gasteiger partial charge in [-0.25, -0.2) is 0 Å². The van der Waals surface area contributed by atoms with Crippen molar-refractivity contribution in [3.63, 3.8) is 0 Å². The summed E-state index contributed by atoms with van der Waals surface area (Å²) in [6.07, 6.45) is 0. The van der Waals surface area contributed by atoms with Gasteiger partial charge in [0, 0.05) is 0 Å². The van der Waals surface area contributed by atoms with Crippen molar-refractivity contribution in [3.05, 3.63) is 45.2 Å². The maximum atomic E-state index is 5.99. The Balaban J connectivity index is 2.18. The van der Waals surface area contributed by atoms with Crippen molar-refractivity contribution in [3.8, 4) is 21.8 Å². The quantitative estimate of drug-likeness (QED) is 0.706. The largest absolute Gasteiger partial charge is 0.380 e. The number of anilines is 1. The van der Waals surface area contributed by atoms with Crippen molar-refractivity contribution in [2.75, 3.05) is 5.73 Å². The summed E-state index contributed by atoms with van der Waals surface area (Å²) in [6.45, 7) is 4.18. The normalized spacial score (nSPS) is 10.9. The number of thiophene rings is 1. The monoisotopic (exact) mass is 348 g/mol. The van der Waals surface area contributed by atoms with Gasteiger partial charge in [0.2, 0.25) is 0 Å². The molecule has 2 aromatic heterocycles. The van der Waals surface area contributed by atoms with Crippen molar-refractivity contribution in [1.29, 1.82) is 0 Å². The Bertz CT molecular complexity index is 776. The Hall–Kier alpha value is -1.59. The van der Waals surface area contributed by atoms with Crippen molar-refractivity contribution in [2.45, 2.75) is 13.8 Å². The van der Waals surface area contributed by atoms with Crippen molar-refractivity contribution < 1.29 is 4.52 Å². The molecule has 0 amide bonds. The lowest BCUT2D eigenvalue weighted by Crippen LogP contribution is -1.90. The van der Waals surface area contributed by atoms with Crippen LogP contribution in [0.2, 0.25) is 0 Å². The average molecular weight is 349 g/mol. The lowest BCUT2D eigenvalue weighted by molar-refractivity contribution is 0.437. The molecular formula is C15H13BrN2OS. The SMILES string of the molecule is Cc1ccc(-c2c(N)noc2-c2ccc(Br)s2)cc1C. The second-order valence-corrected chi connectivity index (χ2v) is 7.14. The van der Waals surface area contributed by atoms with Crippen LogP contribution in [0.15, 0.2) is 38.6 Å². The maximum Gasteiger partial charge on any atom is 0.186 e. The summed E-state index contributed by atoms with van der Waals surface area (Å²) in [7, 11) is 0. The van der Waals surface area contributed by atoms with Crippen LogP contribution in [0.5, 0.6) is 0 Å². The number of nitrogens with zero attached hydrogens (tertiary/aromatic N) is 1. The molecular weight excluding hydrogens is 336 g/mol. The van der Waals surface area contributed by atoms with Crippen molar-refractivity contribution in [1.82, 2.24) is 5.16 Å². The third-order valence-electron chi connectivity index (χ3n) is 3.31. The number of aryl methyl sites for hydroxylation is 2. The van der Waals surface area contributed by atoms with E-state index in [0.717, 1.165) is 25.6 Å². The van der Waals surface area contributed by atoms with Gasteiger partial charge in [0.15, 0.2) is 11.6 Å². The molecule has 0 bridgehead atoms. The lowest BCUT2D eigenvalue weighted by atomic mass is 10.00. The van der Waals surface area contributed by atoms with Crippen LogP contribution in [0.3, 0.4) is 0 Å². The molecule has 0 spiro atoms. The Morgan fingerprint density at radius 1 is 1.15 bits per heavy atom. The molecule has 2 heterocycles. The highest BCUT2D eigenvalue weighted by atomic mass is 79.9. The Labute approximate surface area is 129 Å². The zero-order chi connectivity index (χ0) is 14.3. The van der Waals surface area contributed by atoms with Crippen LogP contribution < -0.4 is 5.73 Å². The van der Waals surface area contributed by atoms with E-state index in [2.05, 4.69) is 53.1 Å². The van der Waals surface area contributed by atoms with Crippen LogP contribution in [0.25, 0.3) is 21.8 Å². The Kier molecular flexibility index (Phi) is 3.40. The predicted molar refractivity (Wildman–Crippen MR) is 86.8 cm³/mol. The lowest BCUT2D eigenvalue weighted by Gasteiger charge is -2.05. The molecule has 3 nitrogen and oxygen atoms in total. The number of hydrogen-bond acceptors (Lipinski definition) is 4. The van der Waals surface area contributed by atoms with Crippen LogP contribution in [0, 0.1) is 13.8 Å². The highest BCUT2D eigenvalue weighted by Gasteiger charge is 2.19. The maximum absolute atomic E-state index is 5.99. The van der Waals surface area contributed by atoms with Crippen LogP contribution in [0.1, 0.15) is 11.1 Å². The number of rotatable bonds is 2. The third kappa shape index (κ3) is 2.27. The number of nitrogens with two attached hydrogens (primary N) is 1. The van der Waals surface area contributed by atoms with Crippen LogP contribution in [-0.4, -0.2) is 5.16 Å². The molecule has 0 atom stereocenters. The zero-order valence-corrected chi connectivity index (χ0v) is 13.5. The summed E-state index contributed by atoms with van der Waals surface area (Å²) in [5.41, 5.74) is 10.4. The minimum atomic E-state index is 0.424. The number of aromatic nitrogens is 1. The molecule has 0 saturated carbocycles. The summed E-state index contributed by atoms with van der Waals surface area (Å²) in [5.74, 6) is 1.15. The van der Waals surface area contributed by atoms with Crippen LogP contribution >= 0.6 is 27.3 Å². The number of hydrogen-bond donors (Lipinski definition) is 1. The number of halogens is 1. The first kappa shape index (κ1) is 13.4. The molecule has 0 radical (unpaired) electrons. The van der Waals surface area contributed by atoms with E-state index in [1.807, 2.05) is 12.1 Å². The highest BCUT2D eigenvalue weighted by Crippen LogP contribution is 2.40. The Morgan fingerprint density at radius 3 is 2.60 bits per heavy atom. The molecule has 2 N–H and O–H groups in total. The fourth-order valence-corrected chi connectivity index (χ4v) is 3.45. The summed E-state index contributed by atoms with van der Waals surface area (Å²) >= 11 is 5.06. The van der Waals surface area contributed by atoms with Gasteiger partial charge in [0.05, 0.1) is 14.2 Å². The molecule has 0 saturated heterocycles. The number of nitrogen functional groups attached to an aromatic ring is 1. The van der Waals surface area contributed by atoms with Crippen molar-refractivity contribution >= 4 is 33.1 Å². The first-order valence-corrected chi connectivity index (χ1v) is 7.75. The van der Waals surface area contributed by atoms with Crippen LogP contribution in [0.4, 0.5) is 5.82 Å². The zero-order valence-electron chi connectivity index (χ0n) is 11.1. The van der Waals surface area contributed by atoms with Crippen LogP contribution in [-0.2, 0) is 0 Å². The number of benzene rings is 1. The fourth-order valence-electron chi connectivity index (χ4n) is 2.08. The molecule has 3 aromatic rings. The van der Waals surface area contributed by atoms with Gasteiger partial charge >= 0.3 is 0 Å². The molecule has 3 rings (SSSR count). The van der Waals surface area contributed by atoms with E-state index >= 15 is 0 Å². The molecule has 0 aliphatic rings. The van der Waals surface area contributed by atoms with Gasteiger partial charge in [-0.1, -0.05) is 23.4 Å². The molecule has 5 heteroatoms. The van der Waals surface area contributed by atoms with E-state index in [1.165, 1.54) is 11.1 Å². The average Bonchev–Trinajstić information content (AvgIpc) is 2.99. The minimum Gasteiger partial charge on any atom is -0.380 e. The smallest absolute Gasteiger partial charge is 0.186 e. The molecule has 20 heavy (non-hydrogen) atoms. The first-order valence-electron chi connectivity index (χ1n) is 6.14. The fraction of sp³-hybridized carbons (Fsp3) is 0.133. The summed E-state index contributed by atoms with van der Waals surface area (Å²) in [4.78, 5) is 1.01. The summed E-state index contributed by atoms with van der Waals surface area (Å²) in [6, 6.07) is 10.2. The first-order chi connectivity index (χ1) is 9.56. The summed E-state index contributed by atoms with van der Waals surface area (Å²) < 4.78 is 6.48. The van der Waals surface area contributed by atoms with E-state index in [0.29, 0.717) is 5.82 Å². The van der Waals surface area contributed by atoms with Gasteiger partial charge in [-0.3, -0.25) is 0 Å². The summed E-state index contributed by atoms with van der Waals surface area (Å²) in [5, 5.41) is 3.92. The van der Waals surface area contributed by atoms with E-state index in [-0.39, 0.29) is 0 Å². The Morgan fingerprint density at radius 2 is 1.95 bits per heavy atom. The molecule has 0 aliphatic heterocycles. The highest BCUT2D eigenvalue weighted by molar-refractivity contribution is 9.11. The van der Waals surface area contributed by atoms with E-state index < -0.39 is 0 Å². The predicted octanol–water partition coefficient (Wildman–Crippen LogP) is 5.03. The van der Waals surface area contributed by atoms with E-state index in [4.69, 9.17) is 10.3 Å². The molecule has 102 valence electrons. The molecule has 0 fully saturated rings. The van der Waals surface area contributed by atoms with Gasteiger partial charge < -0.3 is 10.3 Å². The molecule has 0 aliphatic carbocycles. The van der Waals surface area contributed by atoms with E-state index in [9.17, 15) is 0 Å². The van der Waals surface area contributed by atoms with Gasteiger partial charge in [0.25, 0.3) is 0 Å². The molecule has 0 unspecified atom stereocenters. The van der Waals surface area contributed by atoms with Crippen molar-refractivity contribution in [2.24, 2.45) is 0 Å². The van der Waals surface area contributed by atoms with Gasteiger partial charge in [-0.05, 0) is 58.6 Å². The third-order valence-corrected chi connectivity index (χ3v) is 4.93. The van der Waals surface area contributed by atoms with Gasteiger partial charge in [-0.15, -0.1) is 11.3 Å².